The first kappa shape index (κ1) is 15.4. The third-order valence-electron chi connectivity index (χ3n) is 2.49. The third-order valence-corrected chi connectivity index (χ3v) is 10.1. The molecule has 0 fully saturated rings. The van der Waals surface area contributed by atoms with Crippen LogP contribution in [0, 0.1) is 23.7 Å². The molecule has 1 atom stereocenters. The molecule has 0 amide bonds. The average Bonchev–Trinajstić information content (AvgIpc) is 1.99. The maximum atomic E-state index is 8.93. The predicted octanol–water partition coefficient (Wildman–Crippen LogP) is 3.26. The molecular formula is C12H24N2Si2. The zero-order valence-corrected chi connectivity index (χ0v) is 13.5. The first-order valence-electron chi connectivity index (χ1n) is 5.74. The molecule has 0 aromatic heterocycles. The molecule has 0 bridgehead atoms. The van der Waals surface area contributed by atoms with E-state index in [4.69, 9.17) is 11.7 Å². The van der Waals surface area contributed by atoms with E-state index in [-0.39, 0.29) is 6.04 Å². The summed E-state index contributed by atoms with van der Waals surface area (Å²) in [4.78, 5) is 0. The van der Waals surface area contributed by atoms with Crippen molar-refractivity contribution in [3.05, 3.63) is 0 Å². The van der Waals surface area contributed by atoms with Crippen LogP contribution in [0.1, 0.15) is 12.8 Å². The van der Waals surface area contributed by atoms with Gasteiger partial charge in [-0.25, -0.2) is 0 Å². The molecular weight excluding hydrogens is 228 g/mol. The second kappa shape index (κ2) is 5.68. The van der Waals surface area contributed by atoms with E-state index in [9.17, 15) is 0 Å². The summed E-state index contributed by atoms with van der Waals surface area (Å²) in [6, 6.07) is 2.54. The zero-order chi connectivity index (χ0) is 13.0. The number of nitriles is 1. The molecule has 0 heterocycles. The van der Waals surface area contributed by atoms with Gasteiger partial charge < -0.3 is 4.23 Å². The van der Waals surface area contributed by atoms with Crippen LogP contribution < -0.4 is 0 Å². The first-order valence-corrected chi connectivity index (χ1v) is 12.6. The SMILES string of the molecule is C#CCC(CC#N)N([Si](C)(C)C)[Si](C)(C)C. The number of nitrogens with zero attached hydrogens (tertiary/aromatic N) is 2. The van der Waals surface area contributed by atoms with Gasteiger partial charge in [0.05, 0.1) is 12.5 Å². The lowest BCUT2D eigenvalue weighted by Gasteiger charge is -2.47. The van der Waals surface area contributed by atoms with Gasteiger partial charge in [-0.3, -0.25) is 0 Å². The van der Waals surface area contributed by atoms with Crippen LogP contribution in [-0.4, -0.2) is 26.7 Å². The van der Waals surface area contributed by atoms with Crippen LogP contribution in [0.15, 0.2) is 0 Å². The van der Waals surface area contributed by atoms with E-state index >= 15 is 0 Å². The fourth-order valence-electron chi connectivity index (χ4n) is 2.60. The normalized spacial score (nSPS) is 14.3. The van der Waals surface area contributed by atoms with Gasteiger partial charge in [-0.05, 0) is 0 Å². The number of rotatable bonds is 5. The molecule has 0 rings (SSSR count). The summed E-state index contributed by atoms with van der Waals surface area (Å²) in [7, 11) is -2.82. The Kier molecular flexibility index (Phi) is 5.48. The minimum absolute atomic E-state index is 0.258. The Morgan fingerprint density at radius 3 is 1.75 bits per heavy atom. The second-order valence-electron chi connectivity index (χ2n) is 6.14. The Labute approximate surface area is 103 Å². The van der Waals surface area contributed by atoms with Gasteiger partial charge in [0.15, 0.2) is 0 Å². The lowest BCUT2D eigenvalue weighted by atomic mass is 10.2. The van der Waals surface area contributed by atoms with Crippen LogP contribution in [0.4, 0.5) is 0 Å². The van der Waals surface area contributed by atoms with Crippen molar-refractivity contribution in [2.75, 3.05) is 0 Å². The Bertz CT molecular complexity index is 269. The molecule has 2 nitrogen and oxygen atoms in total. The van der Waals surface area contributed by atoms with Gasteiger partial charge in [0.25, 0.3) is 0 Å². The molecule has 0 aliphatic heterocycles. The van der Waals surface area contributed by atoms with Crippen molar-refractivity contribution < 1.29 is 0 Å². The van der Waals surface area contributed by atoms with Crippen molar-refractivity contribution >= 4 is 16.5 Å². The maximum Gasteiger partial charge on any atom is 0.112 e. The average molecular weight is 253 g/mol. The summed E-state index contributed by atoms with van der Waals surface area (Å²) in [6.45, 7) is 14.0. The van der Waals surface area contributed by atoms with Gasteiger partial charge in [0, 0.05) is 12.5 Å². The summed E-state index contributed by atoms with van der Waals surface area (Å²) in [6.07, 6.45) is 6.68. The van der Waals surface area contributed by atoms with E-state index in [0.29, 0.717) is 12.8 Å². The maximum absolute atomic E-state index is 8.93. The summed E-state index contributed by atoms with van der Waals surface area (Å²) in [5, 5.41) is 8.93. The molecule has 16 heavy (non-hydrogen) atoms. The second-order valence-corrected chi connectivity index (χ2v) is 16.2. The fraction of sp³-hybridized carbons (Fsp3) is 0.750. The first-order chi connectivity index (χ1) is 7.14. The summed E-state index contributed by atoms with van der Waals surface area (Å²) >= 11 is 0. The van der Waals surface area contributed by atoms with Gasteiger partial charge in [0.2, 0.25) is 0 Å². The lowest BCUT2D eigenvalue weighted by Crippen LogP contribution is -2.63. The molecule has 90 valence electrons. The van der Waals surface area contributed by atoms with Crippen LogP contribution in [0.2, 0.25) is 39.3 Å². The van der Waals surface area contributed by atoms with Crippen molar-refractivity contribution in [3.63, 3.8) is 0 Å². The quantitative estimate of drug-likeness (QED) is 0.555. The van der Waals surface area contributed by atoms with E-state index in [1.54, 1.807) is 0 Å². The van der Waals surface area contributed by atoms with Crippen molar-refractivity contribution in [2.24, 2.45) is 0 Å². The highest BCUT2D eigenvalue weighted by molar-refractivity contribution is 6.89. The van der Waals surface area contributed by atoms with Crippen molar-refractivity contribution in [1.29, 1.82) is 5.26 Å². The largest absolute Gasteiger partial charge is 0.341 e. The highest BCUT2D eigenvalue weighted by atomic mass is 28.4. The molecule has 0 spiro atoms. The smallest absolute Gasteiger partial charge is 0.112 e. The number of terminal acetylenes is 1. The van der Waals surface area contributed by atoms with E-state index < -0.39 is 16.5 Å². The summed E-state index contributed by atoms with van der Waals surface area (Å²) < 4.78 is 2.63. The van der Waals surface area contributed by atoms with Gasteiger partial charge in [0.1, 0.15) is 16.5 Å². The van der Waals surface area contributed by atoms with Crippen molar-refractivity contribution in [2.45, 2.75) is 58.2 Å². The highest BCUT2D eigenvalue weighted by Gasteiger charge is 2.38. The number of hydrogen-bond donors (Lipinski definition) is 0. The van der Waals surface area contributed by atoms with Gasteiger partial charge in [-0.1, -0.05) is 39.3 Å². The third kappa shape index (κ3) is 4.53. The molecule has 0 saturated heterocycles. The molecule has 4 heteroatoms. The Balaban J connectivity index is 5.17. The molecule has 1 unspecified atom stereocenters. The lowest BCUT2D eigenvalue weighted by molar-refractivity contribution is 0.453. The molecule has 0 aromatic rings. The van der Waals surface area contributed by atoms with Gasteiger partial charge in [-0.2, -0.15) is 5.26 Å². The van der Waals surface area contributed by atoms with Crippen LogP contribution in [-0.2, 0) is 0 Å². The predicted molar refractivity (Wildman–Crippen MR) is 76.0 cm³/mol. The standard InChI is InChI=1S/C12H24N2Si2/c1-8-9-12(10-11-13)14(15(2,3)4)16(5,6)7/h1,12H,9-10H2,2-7H3. The molecule has 0 N–H and O–H groups in total. The highest BCUT2D eigenvalue weighted by Crippen LogP contribution is 2.25. The van der Waals surface area contributed by atoms with E-state index in [2.05, 4.69) is 55.5 Å². The topological polar surface area (TPSA) is 27.0 Å². The Morgan fingerprint density at radius 1 is 1.06 bits per heavy atom. The Morgan fingerprint density at radius 2 is 1.50 bits per heavy atom. The summed E-state index contributed by atoms with van der Waals surface area (Å²) in [5.41, 5.74) is 0. The van der Waals surface area contributed by atoms with E-state index in [0.717, 1.165) is 0 Å². The van der Waals surface area contributed by atoms with Gasteiger partial charge >= 0.3 is 0 Å². The van der Waals surface area contributed by atoms with Crippen molar-refractivity contribution in [3.8, 4) is 18.4 Å². The van der Waals surface area contributed by atoms with E-state index in [1.807, 2.05) is 0 Å². The molecule has 0 saturated carbocycles. The number of hydrogen-bond acceptors (Lipinski definition) is 2. The van der Waals surface area contributed by atoms with Crippen LogP contribution in [0.25, 0.3) is 0 Å². The zero-order valence-electron chi connectivity index (χ0n) is 11.5. The Hall–Kier alpha value is -0.556. The fourth-order valence-corrected chi connectivity index (χ4v) is 13.2. The minimum Gasteiger partial charge on any atom is -0.341 e. The molecule has 0 aromatic carbocycles. The molecule has 0 aliphatic carbocycles. The molecule has 0 aliphatic rings. The monoisotopic (exact) mass is 252 g/mol. The van der Waals surface area contributed by atoms with Crippen LogP contribution in [0.5, 0.6) is 0 Å². The van der Waals surface area contributed by atoms with Gasteiger partial charge in [-0.15, -0.1) is 12.3 Å². The minimum atomic E-state index is -1.41. The van der Waals surface area contributed by atoms with E-state index in [1.165, 1.54) is 0 Å². The van der Waals surface area contributed by atoms with Crippen molar-refractivity contribution in [1.82, 2.24) is 4.23 Å². The summed E-state index contributed by atoms with van der Waals surface area (Å²) in [5.74, 6) is 2.73. The van der Waals surface area contributed by atoms with Crippen LogP contribution in [0.3, 0.4) is 0 Å². The van der Waals surface area contributed by atoms with Crippen LogP contribution >= 0.6 is 0 Å². The molecule has 0 radical (unpaired) electrons.